The number of nitrogens with one attached hydrogen (secondary N) is 1. The molecule has 1 amide bonds. The van der Waals surface area contributed by atoms with Crippen LogP contribution >= 0.6 is 11.8 Å². The first kappa shape index (κ1) is 18.6. The summed E-state index contributed by atoms with van der Waals surface area (Å²) in [5.41, 5.74) is 1.63. The van der Waals surface area contributed by atoms with Gasteiger partial charge in [-0.25, -0.2) is 4.98 Å². The van der Waals surface area contributed by atoms with Gasteiger partial charge in [-0.05, 0) is 25.0 Å². The molecule has 1 saturated heterocycles. The van der Waals surface area contributed by atoms with Crippen LogP contribution in [0, 0.1) is 0 Å². The van der Waals surface area contributed by atoms with Crippen LogP contribution in [-0.4, -0.2) is 46.0 Å². The lowest BCUT2D eigenvalue weighted by Gasteiger charge is -2.10. The monoisotopic (exact) mass is 396 g/mol. The molecule has 0 unspecified atom stereocenters. The largest absolute Gasteiger partial charge is 0.376 e. The summed E-state index contributed by atoms with van der Waals surface area (Å²) in [5.74, 6) is 1.25. The van der Waals surface area contributed by atoms with Crippen LogP contribution in [0.2, 0.25) is 0 Å². The molecule has 0 bridgehead atoms. The first-order chi connectivity index (χ1) is 13.8. The van der Waals surface area contributed by atoms with Gasteiger partial charge in [0, 0.05) is 24.9 Å². The van der Waals surface area contributed by atoms with Gasteiger partial charge in [-0.1, -0.05) is 47.3 Å². The number of hydrogen-bond donors (Lipinski definition) is 1. The van der Waals surface area contributed by atoms with E-state index in [2.05, 4.69) is 20.4 Å². The molecule has 1 atom stereocenters. The third-order valence-electron chi connectivity index (χ3n) is 4.34. The Kier molecular flexibility index (Phi) is 5.98. The number of nitrogens with zero attached hydrogens (tertiary/aromatic N) is 3. The average Bonchev–Trinajstić information content (AvgIpc) is 3.44. The number of amides is 1. The molecule has 1 N–H and O–H groups in total. The number of benzene rings is 1. The van der Waals surface area contributed by atoms with Gasteiger partial charge in [0.2, 0.25) is 11.7 Å². The van der Waals surface area contributed by atoms with E-state index in [0.717, 1.165) is 35.6 Å². The second kappa shape index (κ2) is 8.99. The molecule has 3 heterocycles. The van der Waals surface area contributed by atoms with Gasteiger partial charge in [-0.2, -0.15) is 4.98 Å². The normalized spacial score (nSPS) is 16.2. The molecule has 1 fully saturated rings. The van der Waals surface area contributed by atoms with Crippen LogP contribution in [0.3, 0.4) is 0 Å². The highest BCUT2D eigenvalue weighted by Crippen LogP contribution is 2.23. The van der Waals surface area contributed by atoms with E-state index in [4.69, 9.17) is 9.26 Å². The standard InChI is InChI=1S/C20H20N4O3S/c25-17(21-12-16-7-4-10-26-16)13-28-18-9-8-15(11-22-18)20-23-19(24-27-20)14-5-2-1-3-6-14/h1-3,5-6,8-9,11,16H,4,7,10,12-13H2,(H,21,25)/t16-/m0/s1. The maximum atomic E-state index is 12.0. The van der Waals surface area contributed by atoms with Crippen molar-refractivity contribution >= 4 is 17.7 Å². The minimum absolute atomic E-state index is 0.0178. The number of pyridine rings is 1. The van der Waals surface area contributed by atoms with Gasteiger partial charge in [-0.15, -0.1) is 0 Å². The average molecular weight is 396 g/mol. The highest BCUT2D eigenvalue weighted by molar-refractivity contribution is 7.99. The Morgan fingerprint density at radius 3 is 2.82 bits per heavy atom. The predicted octanol–water partition coefficient (Wildman–Crippen LogP) is 3.19. The number of hydrogen-bond acceptors (Lipinski definition) is 7. The summed E-state index contributed by atoms with van der Waals surface area (Å²) in [4.78, 5) is 20.7. The lowest BCUT2D eigenvalue weighted by molar-refractivity contribution is -0.119. The number of carbonyl (C=O) groups excluding carboxylic acids is 1. The summed E-state index contributed by atoms with van der Waals surface area (Å²) >= 11 is 1.39. The Hall–Kier alpha value is -2.71. The van der Waals surface area contributed by atoms with E-state index in [1.807, 2.05) is 42.5 Å². The van der Waals surface area contributed by atoms with E-state index in [1.165, 1.54) is 11.8 Å². The van der Waals surface area contributed by atoms with Crippen molar-refractivity contribution in [2.24, 2.45) is 0 Å². The first-order valence-electron chi connectivity index (χ1n) is 9.14. The first-order valence-corrected chi connectivity index (χ1v) is 10.1. The molecule has 0 aliphatic carbocycles. The highest BCUT2D eigenvalue weighted by atomic mass is 32.2. The van der Waals surface area contributed by atoms with Gasteiger partial charge in [0.05, 0.1) is 22.4 Å². The smallest absolute Gasteiger partial charge is 0.259 e. The summed E-state index contributed by atoms with van der Waals surface area (Å²) in [5, 5.41) is 7.68. The lowest BCUT2D eigenvalue weighted by atomic mass is 10.2. The molecule has 3 aromatic rings. The summed E-state index contributed by atoms with van der Waals surface area (Å²) < 4.78 is 10.8. The number of ether oxygens (including phenoxy) is 1. The van der Waals surface area contributed by atoms with Gasteiger partial charge in [-0.3, -0.25) is 4.79 Å². The Labute approximate surface area is 166 Å². The van der Waals surface area contributed by atoms with Crippen LogP contribution in [0.5, 0.6) is 0 Å². The van der Waals surface area contributed by atoms with Crippen molar-refractivity contribution < 1.29 is 14.1 Å². The SMILES string of the molecule is O=C(CSc1ccc(-c2nc(-c3ccccc3)no2)cn1)NC[C@@H]1CCCO1. The highest BCUT2D eigenvalue weighted by Gasteiger charge is 2.16. The van der Waals surface area contributed by atoms with Crippen molar-refractivity contribution in [1.82, 2.24) is 20.4 Å². The number of aromatic nitrogens is 3. The summed E-state index contributed by atoms with van der Waals surface area (Å²) in [6.45, 7) is 1.37. The van der Waals surface area contributed by atoms with E-state index in [0.29, 0.717) is 24.0 Å². The predicted molar refractivity (Wildman–Crippen MR) is 106 cm³/mol. The van der Waals surface area contributed by atoms with E-state index < -0.39 is 0 Å². The molecule has 144 valence electrons. The third kappa shape index (κ3) is 4.76. The van der Waals surface area contributed by atoms with Crippen LogP contribution in [0.4, 0.5) is 0 Å². The number of rotatable bonds is 7. The molecular weight excluding hydrogens is 376 g/mol. The Bertz CT molecular complexity index is 909. The summed E-state index contributed by atoms with van der Waals surface area (Å²) in [7, 11) is 0. The Balaban J connectivity index is 1.30. The van der Waals surface area contributed by atoms with Crippen molar-refractivity contribution in [3.63, 3.8) is 0 Å². The summed E-state index contributed by atoms with van der Waals surface area (Å²) in [6.07, 6.45) is 3.91. The fraction of sp³-hybridized carbons (Fsp3) is 0.300. The molecular formula is C20H20N4O3S. The molecule has 0 spiro atoms. The van der Waals surface area contributed by atoms with Crippen molar-refractivity contribution in [2.45, 2.75) is 24.0 Å². The van der Waals surface area contributed by atoms with E-state index in [1.54, 1.807) is 6.20 Å². The molecule has 7 nitrogen and oxygen atoms in total. The Morgan fingerprint density at radius 1 is 1.18 bits per heavy atom. The zero-order chi connectivity index (χ0) is 19.2. The second-order valence-electron chi connectivity index (χ2n) is 6.40. The fourth-order valence-electron chi connectivity index (χ4n) is 2.86. The van der Waals surface area contributed by atoms with Crippen molar-refractivity contribution in [3.8, 4) is 22.8 Å². The van der Waals surface area contributed by atoms with E-state index in [-0.39, 0.29) is 12.0 Å². The third-order valence-corrected chi connectivity index (χ3v) is 5.29. The van der Waals surface area contributed by atoms with Gasteiger partial charge in [0.25, 0.3) is 5.89 Å². The van der Waals surface area contributed by atoms with Crippen LogP contribution in [-0.2, 0) is 9.53 Å². The van der Waals surface area contributed by atoms with E-state index in [9.17, 15) is 4.79 Å². The zero-order valence-electron chi connectivity index (χ0n) is 15.2. The van der Waals surface area contributed by atoms with Crippen molar-refractivity contribution in [3.05, 3.63) is 48.7 Å². The maximum absolute atomic E-state index is 12.0. The zero-order valence-corrected chi connectivity index (χ0v) is 16.0. The van der Waals surface area contributed by atoms with Gasteiger partial charge >= 0.3 is 0 Å². The van der Waals surface area contributed by atoms with Gasteiger partial charge in [0.1, 0.15) is 0 Å². The molecule has 0 radical (unpaired) electrons. The fourth-order valence-corrected chi connectivity index (χ4v) is 3.53. The van der Waals surface area contributed by atoms with Gasteiger partial charge < -0.3 is 14.6 Å². The van der Waals surface area contributed by atoms with Crippen LogP contribution in [0.1, 0.15) is 12.8 Å². The van der Waals surface area contributed by atoms with Gasteiger partial charge in [0.15, 0.2) is 0 Å². The maximum Gasteiger partial charge on any atom is 0.259 e. The molecule has 1 aliphatic heterocycles. The van der Waals surface area contributed by atoms with Crippen molar-refractivity contribution in [1.29, 1.82) is 0 Å². The van der Waals surface area contributed by atoms with Crippen LogP contribution < -0.4 is 5.32 Å². The minimum atomic E-state index is -0.0178. The number of thioether (sulfide) groups is 1. The second-order valence-corrected chi connectivity index (χ2v) is 7.40. The van der Waals surface area contributed by atoms with Crippen LogP contribution in [0.15, 0.2) is 58.2 Å². The molecule has 1 aromatic carbocycles. The lowest BCUT2D eigenvalue weighted by Crippen LogP contribution is -2.32. The molecule has 2 aromatic heterocycles. The van der Waals surface area contributed by atoms with Crippen LogP contribution in [0.25, 0.3) is 22.8 Å². The quantitative estimate of drug-likeness (QED) is 0.613. The Morgan fingerprint density at radius 2 is 2.07 bits per heavy atom. The topological polar surface area (TPSA) is 90.1 Å². The molecule has 8 heteroatoms. The van der Waals surface area contributed by atoms with E-state index >= 15 is 0 Å². The minimum Gasteiger partial charge on any atom is -0.376 e. The molecule has 1 aliphatic rings. The van der Waals surface area contributed by atoms with Crippen molar-refractivity contribution in [2.75, 3.05) is 18.9 Å². The molecule has 4 rings (SSSR count). The number of carbonyl (C=O) groups is 1. The molecule has 0 saturated carbocycles. The molecule has 28 heavy (non-hydrogen) atoms. The summed E-state index contributed by atoms with van der Waals surface area (Å²) in [6, 6.07) is 13.4.